The van der Waals surface area contributed by atoms with Crippen molar-refractivity contribution in [3.05, 3.63) is 29.8 Å². The smallest absolute Gasteiger partial charge is 0.236 e. The van der Waals surface area contributed by atoms with Crippen LogP contribution >= 0.6 is 22.6 Å². The van der Waals surface area contributed by atoms with E-state index in [2.05, 4.69) is 39.6 Å². The van der Waals surface area contributed by atoms with Gasteiger partial charge in [-0.1, -0.05) is 34.7 Å². The van der Waals surface area contributed by atoms with E-state index in [9.17, 15) is 4.79 Å². The number of alkyl halides is 1. The number of halogens is 1. The molecule has 108 valence electrons. The van der Waals surface area contributed by atoms with Crippen molar-refractivity contribution in [2.45, 2.75) is 48.1 Å². The number of methoxy groups -OCH3 is 1. The Morgan fingerprint density at radius 3 is 2.60 bits per heavy atom. The van der Waals surface area contributed by atoms with Gasteiger partial charge in [-0.15, -0.1) is 0 Å². The maximum atomic E-state index is 12.6. The molecule has 20 heavy (non-hydrogen) atoms. The normalized spacial score (nSPS) is 30.0. The zero-order valence-corrected chi connectivity index (χ0v) is 13.9. The summed E-state index contributed by atoms with van der Waals surface area (Å²) in [5.74, 6) is 1.21. The second-order valence-electron chi connectivity index (χ2n) is 5.66. The molecular formula is C16H20INO2. The van der Waals surface area contributed by atoms with Crippen LogP contribution in [0, 0.1) is 0 Å². The zero-order valence-electron chi connectivity index (χ0n) is 11.7. The van der Waals surface area contributed by atoms with Gasteiger partial charge in [0.1, 0.15) is 5.75 Å². The van der Waals surface area contributed by atoms with E-state index in [1.54, 1.807) is 7.11 Å². The van der Waals surface area contributed by atoms with Crippen LogP contribution in [0.15, 0.2) is 24.3 Å². The zero-order chi connectivity index (χ0) is 14.1. The summed E-state index contributed by atoms with van der Waals surface area (Å²) in [6, 6.07) is 8.91. The molecule has 0 radical (unpaired) electrons. The summed E-state index contributed by atoms with van der Waals surface area (Å²) in [6.45, 7) is 0. The molecule has 0 aromatic heterocycles. The van der Waals surface area contributed by atoms with Crippen molar-refractivity contribution in [2.75, 3.05) is 7.11 Å². The average Bonchev–Trinajstić information content (AvgIpc) is 2.50. The van der Waals surface area contributed by atoms with Gasteiger partial charge in [-0.25, -0.2) is 0 Å². The minimum atomic E-state index is 0.155. The van der Waals surface area contributed by atoms with Crippen molar-refractivity contribution in [3.63, 3.8) is 0 Å². The van der Waals surface area contributed by atoms with Gasteiger partial charge < -0.3 is 9.64 Å². The molecule has 1 aromatic rings. The van der Waals surface area contributed by atoms with E-state index in [-0.39, 0.29) is 9.97 Å². The molecule has 0 saturated carbocycles. The lowest BCUT2D eigenvalue weighted by Crippen LogP contribution is -2.52. The molecule has 0 N–H and O–H groups in total. The van der Waals surface area contributed by atoms with Gasteiger partial charge in [0, 0.05) is 6.04 Å². The van der Waals surface area contributed by atoms with Crippen molar-refractivity contribution < 1.29 is 9.53 Å². The van der Waals surface area contributed by atoms with Crippen LogP contribution in [0.5, 0.6) is 5.75 Å². The van der Waals surface area contributed by atoms with Crippen molar-refractivity contribution in [1.82, 2.24) is 4.90 Å². The highest BCUT2D eigenvalue weighted by atomic mass is 127. The van der Waals surface area contributed by atoms with Gasteiger partial charge in [0.25, 0.3) is 0 Å². The molecule has 1 unspecified atom stereocenters. The minimum Gasteiger partial charge on any atom is -0.497 e. The number of piperidine rings is 2. The van der Waals surface area contributed by atoms with Crippen LogP contribution in [0.3, 0.4) is 0 Å². The van der Waals surface area contributed by atoms with Crippen molar-refractivity contribution in [1.29, 1.82) is 0 Å². The molecule has 2 heterocycles. The number of nitrogens with zero attached hydrogens (tertiary/aromatic N) is 1. The van der Waals surface area contributed by atoms with Crippen molar-refractivity contribution in [2.24, 2.45) is 0 Å². The summed E-state index contributed by atoms with van der Waals surface area (Å²) >= 11 is 2.30. The second kappa shape index (κ2) is 5.92. The largest absolute Gasteiger partial charge is 0.497 e. The predicted molar refractivity (Wildman–Crippen MR) is 87.3 cm³/mol. The van der Waals surface area contributed by atoms with Gasteiger partial charge in [-0.3, -0.25) is 4.79 Å². The van der Waals surface area contributed by atoms with Crippen LogP contribution in [0.4, 0.5) is 0 Å². The standard InChI is InChI=1S/C16H20INO2/c1-20-13-8-5-11(6-9-13)15-4-2-3-12-7-10-14(17)16(19)18(12)15/h5-6,8-9,12,14-15H,2-4,7,10H2,1H3/t12-,14?,15+/m0/s1. The summed E-state index contributed by atoms with van der Waals surface area (Å²) in [4.78, 5) is 14.7. The van der Waals surface area contributed by atoms with Crippen LogP contribution in [0.1, 0.15) is 43.7 Å². The molecule has 2 fully saturated rings. The molecule has 2 saturated heterocycles. The number of fused-ring (bicyclic) bond motifs is 1. The van der Waals surface area contributed by atoms with E-state index in [1.807, 2.05) is 12.1 Å². The van der Waals surface area contributed by atoms with Gasteiger partial charge in [0.15, 0.2) is 0 Å². The summed E-state index contributed by atoms with van der Waals surface area (Å²) in [5.41, 5.74) is 1.24. The monoisotopic (exact) mass is 385 g/mol. The number of hydrogen-bond donors (Lipinski definition) is 0. The maximum absolute atomic E-state index is 12.6. The molecule has 1 aromatic carbocycles. The number of carbonyl (C=O) groups is 1. The predicted octanol–water partition coefficient (Wildman–Crippen LogP) is 3.71. The number of rotatable bonds is 2. The third kappa shape index (κ3) is 2.54. The molecule has 1 amide bonds. The molecule has 3 atom stereocenters. The topological polar surface area (TPSA) is 29.5 Å². The Balaban J connectivity index is 1.88. The number of amides is 1. The number of hydrogen-bond acceptors (Lipinski definition) is 2. The summed E-state index contributed by atoms with van der Waals surface area (Å²) in [6.07, 6.45) is 5.67. The summed E-state index contributed by atoms with van der Waals surface area (Å²) < 4.78 is 5.37. The van der Waals surface area contributed by atoms with E-state index in [0.29, 0.717) is 11.9 Å². The first-order valence-electron chi connectivity index (χ1n) is 7.31. The highest BCUT2D eigenvalue weighted by molar-refractivity contribution is 14.1. The van der Waals surface area contributed by atoms with Crippen molar-refractivity contribution >= 4 is 28.5 Å². The number of benzene rings is 1. The quantitative estimate of drug-likeness (QED) is 0.574. The Hall–Kier alpha value is -0.780. The first-order chi connectivity index (χ1) is 9.70. The molecular weight excluding hydrogens is 365 g/mol. The van der Waals surface area contributed by atoms with E-state index in [1.165, 1.54) is 18.4 Å². The molecule has 0 bridgehead atoms. The molecule has 0 aliphatic carbocycles. The van der Waals surface area contributed by atoms with Crippen LogP contribution in [-0.4, -0.2) is 27.9 Å². The first kappa shape index (κ1) is 14.2. The molecule has 4 heteroatoms. The Morgan fingerprint density at radius 1 is 1.15 bits per heavy atom. The van der Waals surface area contributed by atoms with Gasteiger partial charge in [0.2, 0.25) is 5.91 Å². The Kier molecular flexibility index (Phi) is 4.19. The van der Waals surface area contributed by atoms with Crippen LogP contribution < -0.4 is 4.74 Å². The molecule has 0 spiro atoms. The second-order valence-corrected chi connectivity index (χ2v) is 7.17. The SMILES string of the molecule is COc1ccc([C@H]2CCC[C@H]3CCC(I)C(=O)N32)cc1. The van der Waals surface area contributed by atoms with Gasteiger partial charge in [0.05, 0.1) is 17.1 Å². The lowest BCUT2D eigenvalue weighted by molar-refractivity contribution is -0.140. The van der Waals surface area contributed by atoms with Crippen molar-refractivity contribution in [3.8, 4) is 5.75 Å². The van der Waals surface area contributed by atoms with E-state index < -0.39 is 0 Å². The fourth-order valence-electron chi connectivity index (χ4n) is 3.47. The minimum absolute atomic E-state index is 0.155. The van der Waals surface area contributed by atoms with Crippen LogP contribution in [-0.2, 0) is 4.79 Å². The van der Waals surface area contributed by atoms with E-state index in [4.69, 9.17) is 4.74 Å². The number of ether oxygens (including phenoxy) is 1. The third-order valence-corrected chi connectivity index (χ3v) is 5.68. The number of carbonyl (C=O) groups excluding carboxylic acids is 1. The first-order valence-corrected chi connectivity index (χ1v) is 8.55. The van der Waals surface area contributed by atoms with Gasteiger partial charge >= 0.3 is 0 Å². The Morgan fingerprint density at radius 2 is 1.90 bits per heavy atom. The molecule has 3 nitrogen and oxygen atoms in total. The lowest BCUT2D eigenvalue weighted by atomic mass is 9.85. The molecule has 3 rings (SSSR count). The lowest BCUT2D eigenvalue weighted by Gasteiger charge is -2.46. The summed E-state index contributed by atoms with van der Waals surface area (Å²) in [5, 5.41) is 0. The molecule has 2 aliphatic rings. The highest BCUT2D eigenvalue weighted by Crippen LogP contribution is 2.40. The van der Waals surface area contributed by atoms with Crippen LogP contribution in [0.2, 0.25) is 0 Å². The van der Waals surface area contributed by atoms with Gasteiger partial charge in [-0.05, 0) is 49.8 Å². The molecule has 2 aliphatic heterocycles. The van der Waals surface area contributed by atoms with Gasteiger partial charge in [-0.2, -0.15) is 0 Å². The third-order valence-electron chi connectivity index (χ3n) is 4.52. The average molecular weight is 385 g/mol. The Bertz CT molecular complexity index is 488. The van der Waals surface area contributed by atoms with Crippen LogP contribution in [0.25, 0.3) is 0 Å². The summed E-state index contributed by atoms with van der Waals surface area (Å²) in [7, 11) is 1.68. The Labute approximate surface area is 133 Å². The van der Waals surface area contributed by atoms with E-state index in [0.717, 1.165) is 25.0 Å². The highest BCUT2D eigenvalue weighted by Gasteiger charge is 2.40. The fourth-order valence-corrected chi connectivity index (χ4v) is 4.15. The maximum Gasteiger partial charge on any atom is 0.236 e. The van der Waals surface area contributed by atoms with E-state index >= 15 is 0 Å². The fraction of sp³-hybridized carbons (Fsp3) is 0.562.